The summed E-state index contributed by atoms with van der Waals surface area (Å²) in [6.07, 6.45) is 14.1. The molecule has 4 aliphatic rings. The summed E-state index contributed by atoms with van der Waals surface area (Å²) < 4.78 is 0. The lowest BCUT2D eigenvalue weighted by Gasteiger charge is -2.60. The molecule has 7 atom stereocenters. The van der Waals surface area contributed by atoms with Crippen molar-refractivity contribution in [2.24, 2.45) is 34.5 Å². The Morgan fingerprint density at radius 2 is 1.94 bits per heavy atom. The lowest BCUT2D eigenvalue weighted by atomic mass is 9.44. The predicted octanol–water partition coefficient (Wildman–Crippen LogP) is 5.61. The molecule has 4 aliphatic carbocycles. The highest BCUT2D eigenvalue weighted by molar-refractivity contribution is 5.85. The fraction of sp³-hybridized carbons (Fsp3) is 0.630. The van der Waals surface area contributed by atoms with Gasteiger partial charge in [0, 0.05) is 11.6 Å². The Hall–Kier alpha value is -1.94. The molecule has 1 aromatic carbocycles. The molecule has 0 amide bonds. The molecule has 6 rings (SSSR count). The van der Waals surface area contributed by atoms with Crippen LogP contribution in [0, 0.1) is 34.5 Å². The summed E-state index contributed by atoms with van der Waals surface area (Å²) in [6.45, 7) is 5.11. The Bertz CT molecular complexity index is 1060. The van der Waals surface area contributed by atoms with Crippen molar-refractivity contribution in [3.8, 4) is 0 Å². The number of benzene rings is 1. The van der Waals surface area contributed by atoms with E-state index in [4.69, 9.17) is 5.73 Å². The number of fused-ring (bicyclic) bond motifs is 6. The van der Waals surface area contributed by atoms with Crippen LogP contribution < -0.4 is 5.73 Å². The number of nitrogens with zero attached hydrogens (tertiary/aromatic N) is 2. The summed E-state index contributed by atoms with van der Waals surface area (Å²) in [5, 5.41) is 11.3. The standard InChI is InChI=1S/C27H35N3O/c1-26-11-9-19(31)14-18(26)4-5-20-22-7-6-21(27(22,2)12-10-23(20)26)16-3-8-24-17(13-16)15-29-25(28)30-24/h3,6,8,13,15,18-20,22-23,31H,4-5,7,9-12,14H2,1-2H3,(H2,28,29,30)/t18-,19+,20-,22-,23-,26-,27+/m0/s1. The topological polar surface area (TPSA) is 72.0 Å². The van der Waals surface area contributed by atoms with E-state index in [0.29, 0.717) is 11.4 Å². The maximum Gasteiger partial charge on any atom is 0.220 e. The van der Waals surface area contributed by atoms with E-state index >= 15 is 0 Å². The number of anilines is 1. The molecule has 3 N–H and O–H groups in total. The van der Waals surface area contributed by atoms with E-state index in [1.165, 1.54) is 44.1 Å². The average Bonchev–Trinajstić information content (AvgIpc) is 3.11. The minimum Gasteiger partial charge on any atom is -0.393 e. The summed E-state index contributed by atoms with van der Waals surface area (Å²) in [5.74, 6) is 3.47. The zero-order chi connectivity index (χ0) is 21.4. The van der Waals surface area contributed by atoms with Crippen LogP contribution in [0.3, 0.4) is 0 Å². The number of hydrogen-bond acceptors (Lipinski definition) is 4. The first-order valence-corrected chi connectivity index (χ1v) is 12.3. The van der Waals surface area contributed by atoms with Gasteiger partial charge in [0.1, 0.15) is 0 Å². The van der Waals surface area contributed by atoms with Crippen molar-refractivity contribution < 1.29 is 5.11 Å². The molecule has 0 spiro atoms. The summed E-state index contributed by atoms with van der Waals surface area (Å²) >= 11 is 0. The van der Waals surface area contributed by atoms with Crippen LogP contribution in [0.25, 0.3) is 16.5 Å². The van der Waals surface area contributed by atoms with Crippen LogP contribution in [-0.2, 0) is 0 Å². The highest BCUT2D eigenvalue weighted by Gasteiger charge is 2.58. The normalized spacial score (nSPS) is 41.9. The van der Waals surface area contributed by atoms with Crippen LogP contribution in [0.4, 0.5) is 5.95 Å². The quantitative estimate of drug-likeness (QED) is 0.633. The minimum atomic E-state index is -0.0598. The first-order valence-electron chi connectivity index (χ1n) is 12.3. The third-order valence-corrected chi connectivity index (χ3v) is 10.1. The molecule has 0 saturated heterocycles. The molecular formula is C27H35N3O. The minimum absolute atomic E-state index is 0.0598. The van der Waals surface area contributed by atoms with Gasteiger partial charge < -0.3 is 10.8 Å². The van der Waals surface area contributed by atoms with Gasteiger partial charge in [-0.15, -0.1) is 0 Å². The number of nitrogens with two attached hydrogens (primary N) is 1. The van der Waals surface area contributed by atoms with E-state index < -0.39 is 0 Å². The molecule has 3 saturated carbocycles. The molecule has 0 bridgehead atoms. The van der Waals surface area contributed by atoms with Crippen molar-refractivity contribution in [1.29, 1.82) is 0 Å². The van der Waals surface area contributed by atoms with E-state index in [-0.39, 0.29) is 11.5 Å². The number of nitrogen functional groups attached to an aromatic ring is 1. The SMILES string of the molecule is C[C@]12CC[C@@H](O)C[C@@H]1CC[C@@H]1[C@@H]2CC[C@]2(C)C(c3ccc4nc(N)ncc4c3)=CC[C@@H]12. The van der Waals surface area contributed by atoms with Crippen molar-refractivity contribution in [1.82, 2.24) is 9.97 Å². The van der Waals surface area contributed by atoms with Gasteiger partial charge in [-0.3, -0.25) is 0 Å². The Kier molecular flexibility index (Phi) is 4.31. The first-order chi connectivity index (χ1) is 14.9. The van der Waals surface area contributed by atoms with Crippen molar-refractivity contribution >= 4 is 22.4 Å². The molecule has 1 aromatic heterocycles. The number of allylic oxidation sites excluding steroid dienone is 2. The van der Waals surface area contributed by atoms with Crippen LogP contribution in [-0.4, -0.2) is 21.2 Å². The van der Waals surface area contributed by atoms with Gasteiger partial charge in [-0.1, -0.05) is 26.0 Å². The van der Waals surface area contributed by atoms with Gasteiger partial charge in [0.2, 0.25) is 5.95 Å². The fourth-order valence-corrected chi connectivity index (χ4v) is 8.47. The highest BCUT2D eigenvalue weighted by atomic mass is 16.3. The second-order valence-electron chi connectivity index (χ2n) is 11.4. The molecule has 164 valence electrons. The number of hydrogen-bond donors (Lipinski definition) is 2. The lowest BCUT2D eigenvalue weighted by molar-refractivity contribution is -0.115. The third-order valence-electron chi connectivity index (χ3n) is 10.1. The summed E-state index contributed by atoms with van der Waals surface area (Å²) in [7, 11) is 0. The Morgan fingerprint density at radius 1 is 1.06 bits per heavy atom. The molecule has 0 unspecified atom stereocenters. The zero-order valence-electron chi connectivity index (χ0n) is 18.8. The molecular weight excluding hydrogens is 382 g/mol. The van der Waals surface area contributed by atoms with Gasteiger partial charge in [0.15, 0.2) is 0 Å². The van der Waals surface area contributed by atoms with E-state index in [2.05, 4.69) is 48.1 Å². The zero-order valence-corrected chi connectivity index (χ0v) is 18.8. The second-order valence-corrected chi connectivity index (χ2v) is 11.4. The molecule has 0 radical (unpaired) electrons. The van der Waals surface area contributed by atoms with Crippen LogP contribution in [0.5, 0.6) is 0 Å². The van der Waals surface area contributed by atoms with Crippen LogP contribution >= 0.6 is 0 Å². The van der Waals surface area contributed by atoms with Crippen molar-refractivity contribution in [3.05, 3.63) is 36.0 Å². The highest BCUT2D eigenvalue weighted by Crippen LogP contribution is 2.67. The summed E-state index contributed by atoms with van der Waals surface area (Å²) in [4.78, 5) is 8.59. The number of aliphatic hydroxyl groups excluding tert-OH is 1. The molecule has 31 heavy (non-hydrogen) atoms. The smallest absolute Gasteiger partial charge is 0.220 e. The van der Waals surface area contributed by atoms with Crippen LogP contribution in [0.2, 0.25) is 0 Å². The third kappa shape index (κ3) is 2.83. The summed E-state index contributed by atoms with van der Waals surface area (Å²) in [6, 6.07) is 6.60. The maximum absolute atomic E-state index is 10.3. The second kappa shape index (κ2) is 6.78. The van der Waals surface area contributed by atoms with E-state index in [1.54, 1.807) is 5.57 Å². The van der Waals surface area contributed by atoms with Gasteiger partial charge in [0.25, 0.3) is 0 Å². The van der Waals surface area contributed by atoms with Gasteiger partial charge in [-0.25, -0.2) is 9.97 Å². The number of aromatic nitrogens is 2. The lowest BCUT2D eigenvalue weighted by Crippen LogP contribution is -2.53. The largest absolute Gasteiger partial charge is 0.393 e. The Labute approximate surface area is 185 Å². The summed E-state index contributed by atoms with van der Waals surface area (Å²) in [5.41, 5.74) is 10.3. The molecule has 0 aliphatic heterocycles. The molecule has 1 heterocycles. The Balaban J connectivity index is 1.31. The van der Waals surface area contributed by atoms with E-state index in [1.807, 2.05) is 6.20 Å². The van der Waals surface area contributed by atoms with Crippen LogP contribution in [0.1, 0.15) is 70.8 Å². The van der Waals surface area contributed by atoms with E-state index in [9.17, 15) is 5.11 Å². The molecule has 4 heteroatoms. The number of rotatable bonds is 1. The number of aliphatic hydroxyl groups is 1. The van der Waals surface area contributed by atoms with Crippen molar-refractivity contribution in [2.45, 2.75) is 71.3 Å². The monoisotopic (exact) mass is 417 g/mol. The van der Waals surface area contributed by atoms with Crippen LogP contribution in [0.15, 0.2) is 30.5 Å². The van der Waals surface area contributed by atoms with Gasteiger partial charge in [-0.05, 0) is 109 Å². The van der Waals surface area contributed by atoms with Crippen molar-refractivity contribution in [3.63, 3.8) is 0 Å². The fourth-order valence-electron chi connectivity index (χ4n) is 8.47. The molecule has 3 fully saturated rings. The van der Waals surface area contributed by atoms with Gasteiger partial charge in [0.05, 0.1) is 11.6 Å². The Morgan fingerprint density at radius 3 is 2.81 bits per heavy atom. The molecule has 2 aromatic rings. The van der Waals surface area contributed by atoms with Gasteiger partial charge in [-0.2, -0.15) is 0 Å². The maximum atomic E-state index is 10.3. The van der Waals surface area contributed by atoms with Gasteiger partial charge >= 0.3 is 0 Å². The average molecular weight is 418 g/mol. The van der Waals surface area contributed by atoms with Crippen molar-refractivity contribution in [2.75, 3.05) is 5.73 Å². The van der Waals surface area contributed by atoms with E-state index in [0.717, 1.165) is 47.4 Å². The molecule has 4 nitrogen and oxygen atoms in total. The first kappa shape index (κ1) is 19.7. The predicted molar refractivity (Wildman–Crippen MR) is 125 cm³/mol.